The van der Waals surface area contributed by atoms with Crippen LogP contribution in [0, 0.1) is 0 Å². The normalized spacial score (nSPS) is 13.8. The van der Waals surface area contributed by atoms with Gasteiger partial charge in [-0.25, -0.2) is 4.98 Å². The number of nitrogens with zero attached hydrogens (tertiary/aromatic N) is 3. The maximum absolute atomic E-state index is 12.8. The third-order valence-corrected chi connectivity index (χ3v) is 4.81. The summed E-state index contributed by atoms with van der Waals surface area (Å²) in [6, 6.07) is 13.8. The Morgan fingerprint density at radius 3 is 2.81 bits per heavy atom. The van der Waals surface area contributed by atoms with Crippen molar-refractivity contribution in [1.29, 1.82) is 0 Å². The van der Waals surface area contributed by atoms with Crippen LogP contribution in [-0.4, -0.2) is 21.5 Å². The van der Waals surface area contributed by atoms with Gasteiger partial charge in [0.15, 0.2) is 5.65 Å². The molecule has 128 valence electrons. The Morgan fingerprint density at radius 1 is 1.08 bits per heavy atom. The molecule has 0 amide bonds. The molecule has 0 bridgehead atoms. The molecule has 0 saturated carbocycles. The van der Waals surface area contributed by atoms with Crippen molar-refractivity contribution in [2.45, 2.75) is 13.0 Å². The Hall–Kier alpha value is -3.41. The molecule has 0 atom stereocenters. The van der Waals surface area contributed by atoms with Crippen molar-refractivity contribution in [3.8, 4) is 11.3 Å². The summed E-state index contributed by atoms with van der Waals surface area (Å²) in [6.07, 6.45) is 4.17. The fourth-order valence-corrected chi connectivity index (χ4v) is 3.52. The number of hydrogen-bond donors (Lipinski definition) is 1. The zero-order chi connectivity index (χ0) is 17.5. The number of aromatic amines is 1. The molecular weight excluding hydrogens is 328 g/mol. The van der Waals surface area contributed by atoms with Crippen molar-refractivity contribution in [1.82, 2.24) is 15.0 Å². The topological polar surface area (TPSA) is 75.0 Å². The average molecular weight is 344 g/mol. The molecule has 1 N–H and O–H groups in total. The van der Waals surface area contributed by atoms with Crippen molar-refractivity contribution < 1.29 is 4.42 Å². The van der Waals surface area contributed by atoms with Crippen LogP contribution in [0.2, 0.25) is 0 Å². The van der Waals surface area contributed by atoms with E-state index in [-0.39, 0.29) is 5.56 Å². The Morgan fingerprint density at radius 2 is 1.96 bits per heavy atom. The van der Waals surface area contributed by atoms with Gasteiger partial charge in [-0.15, -0.1) is 0 Å². The monoisotopic (exact) mass is 344 g/mol. The zero-order valence-corrected chi connectivity index (χ0v) is 14.0. The highest BCUT2D eigenvalue weighted by atomic mass is 16.3. The van der Waals surface area contributed by atoms with Crippen molar-refractivity contribution in [2.75, 3.05) is 11.4 Å². The van der Waals surface area contributed by atoms with Crippen LogP contribution in [0.3, 0.4) is 0 Å². The minimum Gasteiger partial charge on any atom is -0.464 e. The predicted molar refractivity (Wildman–Crippen MR) is 99.1 cm³/mol. The summed E-state index contributed by atoms with van der Waals surface area (Å²) in [5, 5.41) is 0.448. The first-order valence-corrected chi connectivity index (χ1v) is 8.54. The van der Waals surface area contributed by atoms with E-state index < -0.39 is 0 Å². The molecule has 6 nitrogen and oxygen atoms in total. The minimum absolute atomic E-state index is 0.205. The van der Waals surface area contributed by atoms with E-state index >= 15 is 0 Å². The van der Waals surface area contributed by atoms with E-state index in [0.29, 0.717) is 28.3 Å². The van der Waals surface area contributed by atoms with Gasteiger partial charge in [-0.2, -0.15) is 4.98 Å². The number of aromatic nitrogens is 3. The van der Waals surface area contributed by atoms with E-state index in [9.17, 15) is 4.79 Å². The van der Waals surface area contributed by atoms with E-state index in [1.54, 1.807) is 24.6 Å². The Bertz CT molecular complexity index is 1150. The van der Waals surface area contributed by atoms with E-state index in [1.807, 2.05) is 12.1 Å². The first kappa shape index (κ1) is 14.9. The smallest absolute Gasteiger partial charge is 0.262 e. The maximum atomic E-state index is 12.8. The lowest BCUT2D eigenvalue weighted by Gasteiger charge is -2.29. The molecule has 26 heavy (non-hydrogen) atoms. The summed E-state index contributed by atoms with van der Waals surface area (Å²) in [7, 11) is 0. The third-order valence-electron chi connectivity index (χ3n) is 4.81. The fraction of sp³-hybridized carbons (Fsp3) is 0.150. The molecule has 0 fully saturated rings. The van der Waals surface area contributed by atoms with Crippen molar-refractivity contribution >= 4 is 17.0 Å². The third kappa shape index (κ3) is 2.38. The zero-order valence-electron chi connectivity index (χ0n) is 14.0. The molecule has 0 radical (unpaired) electrons. The van der Waals surface area contributed by atoms with Crippen LogP contribution in [-0.2, 0) is 13.0 Å². The highest BCUT2D eigenvalue weighted by Crippen LogP contribution is 2.26. The van der Waals surface area contributed by atoms with Crippen LogP contribution < -0.4 is 10.5 Å². The van der Waals surface area contributed by atoms with Gasteiger partial charge in [-0.05, 0) is 35.7 Å². The standard InChI is InChI=1S/C20H16N4O2/c25-19-17-15(16-6-3-11-26-16)7-9-21-18(17)22-20(23-19)24-10-8-13-4-1-2-5-14(13)12-24/h1-7,9,11H,8,10,12H2,(H,21,22,23,25). The minimum atomic E-state index is -0.205. The maximum Gasteiger partial charge on any atom is 0.262 e. The van der Waals surface area contributed by atoms with Crippen LogP contribution in [0.4, 0.5) is 5.95 Å². The molecule has 0 saturated heterocycles. The molecule has 3 aromatic heterocycles. The first-order chi connectivity index (χ1) is 12.8. The van der Waals surface area contributed by atoms with Gasteiger partial charge in [-0.3, -0.25) is 9.78 Å². The quantitative estimate of drug-likeness (QED) is 0.605. The molecule has 4 heterocycles. The van der Waals surface area contributed by atoms with Gasteiger partial charge in [0.05, 0.1) is 11.6 Å². The summed E-state index contributed by atoms with van der Waals surface area (Å²) >= 11 is 0. The lowest BCUT2D eigenvalue weighted by atomic mass is 10.0. The summed E-state index contributed by atoms with van der Waals surface area (Å²) in [4.78, 5) is 26.8. The average Bonchev–Trinajstić information content (AvgIpc) is 3.21. The molecule has 4 aromatic rings. The van der Waals surface area contributed by atoms with Crippen molar-refractivity contribution in [3.63, 3.8) is 0 Å². The molecule has 1 aromatic carbocycles. The van der Waals surface area contributed by atoms with Crippen molar-refractivity contribution in [2.24, 2.45) is 0 Å². The number of furan rings is 1. The second-order valence-corrected chi connectivity index (χ2v) is 6.36. The van der Waals surface area contributed by atoms with Crippen LogP contribution in [0.1, 0.15) is 11.1 Å². The molecule has 1 aliphatic heterocycles. The van der Waals surface area contributed by atoms with E-state index in [0.717, 1.165) is 19.5 Å². The molecule has 5 rings (SSSR count). The Kier molecular flexibility index (Phi) is 3.35. The van der Waals surface area contributed by atoms with Gasteiger partial charge in [0, 0.05) is 24.8 Å². The number of pyridine rings is 1. The number of benzene rings is 1. The van der Waals surface area contributed by atoms with Crippen LogP contribution in [0.25, 0.3) is 22.4 Å². The number of H-pyrrole nitrogens is 1. The molecule has 1 aliphatic rings. The largest absolute Gasteiger partial charge is 0.464 e. The van der Waals surface area contributed by atoms with Crippen LogP contribution in [0.5, 0.6) is 0 Å². The second kappa shape index (κ2) is 5.84. The number of rotatable bonds is 2. The second-order valence-electron chi connectivity index (χ2n) is 6.36. The van der Waals surface area contributed by atoms with E-state index in [1.165, 1.54) is 11.1 Å². The van der Waals surface area contributed by atoms with Gasteiger partial charge in [-0.1, -0.05) is 24.3 Å². The number of hydrogen-bond acceptors (Lipinski definition) is 5. The lowest BCUT2D eigenvalue weighted by Crippen LogP contribution is -2.33. The van der Waals surface area contributed by atoms with E-state index in [4.69, 9.17) is 4.42 Å². The molecule has 0 spiro atoms. The van der Waals surface area contributed by atoms with Gasteiger partial charge in [0.25, 0.3) is 5.56 Å². The first-order valence-electron chi connectivity index (χ1n) is 8.54. The van der Waals surface area contributed by atoms with Gasteiger partial charge in [0.1, 0.15) is 5.76 Å². The Balaban J connectivity index is 1.60. The molecule has 0 aliphatic carbocycles. The number of fused-ring (bicyclic) bond motifs is 2. The molecule has 6 heteroatoms. The highest BCUT2D eigenvalue weighted by molar-refractivity contribution is 5.90. The molecule has 0 unspecified atom stereocenters. The fourth-order valence-electron chi connectivity index (χ4n) is 3.52. The van der Waals surface area contributed by atoms with Crippen molar-refractivity contribution in [3.05, 3.63) is 76.4 Å². The summed E-state index contributed by atoms with van der Waals surface area (Å²) in [6.45, 7) is 1.53. The highest BCUT2D eigenvalue weighted by Gasteiger charge is 2.20. The van der Waals surface area contributed by atoms with Gasteiger partial charge >= 0.3 is 0 Å². The lowest BCUT2D eigenvalue weighted by molar-refractivity contribution is 0.583. The summed E-state index contributed by atoms with van der Waals surface area (Å²) in [5.74, 6) is 1.19. The number of nitrogens with one attached hydrogen (secondary N) is 1. The number of anilines is 1. The predicted octanol–water partition coefficient (Wildman–Crippen LogP) is 3.14. The Labute approximate surface area is 149 Å². The van der Waals surface area contributed by atoms with Crippen LogP contribution >= 0.6 is 0 Å². The van der Waals surface area contributed by atoms with Gasteiger partial charge < -0.3 is 9.32 Å². The van der Waals surface area contributed by atoms with Gasteiger partial charge in [0.2, 0.25) is 5.95 Å². The SMILES string of the molecule is O=c1[nH]c(N2CCc3ccccc3C2)nc2nccc(-c3ccco3)c12. The summed E-state index contributed by atoms with van der Waals surface area (Å²) < 4.78 is 5.45. The van der Waals surface area contributed by atoms with Crippen LogP contribution in [0.15, 0.2) is 64.1 Å². The van der Waals surface area contributed by atoms with E-state index in [2.05, 4.69) is 38.1 Å². The molecular formula is C20H16N4O2. The summed E-state index contributed by atoms with van der Waals surface area (Å²) in [5.41, 5.74) is 3.54.